The van der Waals surface area contributed by atoms with E-state index >= 15 is 0 Å². The molecule has 7 heteroatoms. The lowest BCUT2D eigenvalue weighted by Gasteiger charge is -2.11. The van der Waals surface area contributed by atoms with E-state index in [2.05, 4.69) is 25.3 Å². The number of pyridine rings is 1. The maximum absolute atomic E-state index is 6.03. The van der Waals surface area contributed by atoms with E-state index in [1.54, 1.807) is 19.6 Å². The standard InChI is InChI=1S/C12H18N6O/c1-3-14-11(13)9-8(15-4-5-19-2)6-16-12-10(9)17-7-18-12/h6-7,15H,3-5H2,1-2H3,(H2,13,14)(H,16,17,18). The van der Waals surface area contributed by atoms with Crippen LogP contribution in [0.4, 0.5) is 5.69 Å². The summed E-state index contributed by atoms with van der Waals surface area (Å²) in [6.45, 7) is 3.83. The highest BCUT2D eigenvalue weighted by Crippen LogP contribution is 2.21. The van der Waals surface area contributed by atoms with Crippen molar-refractivity contribution in [1.82, 2.24) is 15.0 Å². The third kappa shape index (κ3) is 2.82. The van der Waals surface area contributed by atoms with Gasteiger partial charge in [-0.3, -0.25) is 4.99 Å². The summed E-state index contributed by atoms with van der Waals surface area (Å²) < 4.78 is 5.02. The number of amidine groups is 1. The number of nitrogens with one attached hydrogen (secondary N) is 2. The van der Waals surface area contributed by atoms with Crippen LogP contribution in [0.2, 0.25) is 0 Å². The Hall–Kier alpha value is -2.15. The molecule has 0 unspecified atom stereocenters. The maximum Gasteiger partial charge on any atom is 0.158 e. The Kier molecular flexibility index (Phi) is 4.30. The lowest BCUT2D eigenvalue weighted by molar-refractivity contribution is 0.211. The van der Waals surface area contributed by atoms with Gasteiger partial charge in [0.15, 0.2) is 5.65 Å². The molecule has 2 rings (SSSR count). The van der Waals surface area contributed by atoms with E-state index in [1.807, 2.05) is 6.92 Å². The first-order chi connectivity index (χ1) is 9.27. The third-order valence-electron chi connectivity index (χ3n) is 2.65. The average molecular weight is 262 g/mol. The molecule has 0 atom stereocenters. The quantitative estimate of drug-likeness (QED) is 0.405. The van der Waals surface area contributed by atoms with Gasteiger partial charge in [0.25, 0.3) is 0 Å². The van der Waals surface area contributed by atoms with Crippen LogP contribution in [0.25, 0.3) is 11.2 Å². The number of anilines is 1. The number of imidazole rings is 1. The molecule has 2 aromatic heterocycles. The van der Waals surface area contributed by atoms with Crippen molar-refractivity contribution in [2.75, 3.05) is 32.1 Å². The predicted molar refractivity (Wildman–Crippen MR) is 75.5 cm³/mol. The van der Waals surface area contributed by atoms with E-state index in [1.165, 1.54) is 0 Å². The van der Waals surface area contributed by atoms with Crippen molar-refractivity contribution in [2.45, 2.75) is 6.92 Å². The molecule has 4 N–H and O–H groups in total. The van der Waals surface area contributed by atoms with Crippen LogP contribution in [0.5, 0.6) is 0 Å². The molecule has 0 saturated carbocycles. The molecule has 0 bridgehead atoms. The zero-order valence-electron chi connectivity index (χ0n) is 11.1. The van der Waals surface area contributed by atoms with Gasteiger partial charge in [-0.2, -0.15) is 0 Å². The van der Waals surface area contributed by atoms with Gasteiger partial charge in [0.1, 0.15) is 11.4 Å². The van der Waals surface area contributed by atoms with Gasteiger partial charge >= 0.3 is 0 Å². The fourth-order valence-corrected chi connectivity index (χ4v) is 1.82. The van der Waals surface area contributed by atoms with Crippen molar-refractivity contribution in [3.8, 4) is 0 Å². The number of hydrogen-bond donors (Lipinski definition) is 3. The molecule has 0 fully saturated rings. The van der Waals surface area contributed by atoms with Gasteiger partial charge in [-0.05, 0) is 6.92 Å². The SMILES string of the molecule is CCN=C(N)c1c(NCCOC)cnc2[nH]cnc12. The third-order valence-corrected chi connectivity index (χ3v) is 2.65. The van der Waals surface area contributed by atoms with Gasteiger partial charge in [0.2, 0.25) is 0 Å². The van der Waals surface area contributed by atoms with Crippen LogP contribution in [0.1, 0.15) is 12.5 Å². The molecule has 0 aliphatic carbocycles. The summed E-state index contributed by atoms with van der Waals surface area (Å²) in [5.41, 5.74) is 9.04. The highest BCUT2D eigenvalue weighted by molar-refractivity contribution is 6.10. The summed E-state index contributed by atoms with van der Waals surface area (Å²) in [6, 6.07) is 0. The normalized spacial score (nSPS) is 12.0. The number of aromatic amines is 1. The van der Waals surface area contributed by atoms with Crippen LogP contribution in [0.3, 0.4) is 0 Å². The van der Waals surface area contributed by atoms with Crippen molar-refractivity contribution >= 4 is 22.7 Å². The Bertz CT molecular complexity index is 577. The molecule has 0 aromatic carbocycles. The number of aromatic nitrogens is 3. The Balaban J connectivity index is 2.43. The Morgan fingerprint density at radius 1 is 1.53 bits per heavy atom. The molecule has 2 aromatic rings. The smallest absolute Gasteiger partial charge is 0.158 e. The first-order valence-electron chi connectivity index (χ1n) is 6.13. The van der Waals surface area contributed by atoms with Gasteiger partial charge in [-0.1, -0.05) is 0 Å². The lowest BCUT2D eigenvalue weighted by Crippen LogP contribution is -2.19. The Morgan fingerprint density at radius 3 is 3.11 bits per heavy atom. The van der Waals surface area contributed by atoms with Gasteiger partial charge in [-0.25, -0.2) is 9.97 Å². The number of aliphatic imine (C=N–C) groups is 1. The molecular formula is C12H18N6O. The molecule has 102 valence electrons. The summed E-state index contributed by atoms with van der Waals surface area (Å²) >= 11 is 0. The van der Waals surface area contributed by atoms with E-state index in [-0.39, 0.29) is 0 Å². The van der Waals surface area contributed by atoms with Crippen molar-refractivity contribution in [3.05, 3.63) is 18.1 Å². The van der Waals surface area contributed by atoms with Crippen LogP contribution in [0.15, 0.2) is 17.5 Å². The lowest BCUT2D eigenvalue weighted by atomic mass is 10.2. The number of ether oxygens (including phenoxy) is 1. The van der Waals surface area contributed by atoms with Crippen molar-refractivity contribution in [1.29, 1.82) is 0 Å². The second kappa shape index (κ2) is 6.14. The first-order valence-corrected chi connectivity index (χ1v) is 6.13. The summed E-state index contributed by atoms with van der Waals surface area (Å²) in [5.74, 6) is 0.460. The van der Waals surface area contributed by atoms with Crippen molar-refractivity contribution in [2.24, 2.45) is 10.7 Å². The summed E-state index contributed by atoms with van der Waals surface area (Å²) in [7, 11) is 1.66. The molecule has 2 heterocycles. The zero-order chi connectivity index (χ0) is 13.7. The van der Waals surface area contributed by atoms with Gasteiger partial charge in [0.05, 0.1) is 30.4 Å². The van der Waals surface area contributed by atoms with Crippen LogP contribution < -0.4 is 11.1 Å². The van der Waals surface area contributed by atoms with Gasteiger partial charge < -0.3 is 20.8 Å². The minimum atomic E-state index is 0.460. The number of nitrogens with zero attached hydrogens (tertiary/aromatic N) is 3. The molecular weight excluding hydrogens is 244 g/mol. The monoisotopic (exact) mass is 262 g/mol. The molecule has 0 aliphatic rings. The van der Waals surface area contributed by atoms with Crippen molar-refractivity contribution < 1.29 is 4.74 Å². The van der Waals surface area contributed by atoms with Gasteiger partial charge in [-0.15, -0.1) is 0 Å². The Labute approximate surface area is 111 Å². The topological polar surface area (TPSA) is 101 Å². The highest BCUT2D eigenvalue weighted by Gasteiger charge is 2.14. The van der Waals surface area contributed by atoms with Crippen LogP contribution >= 0.6 is 0 Å². The summed E-state index contributed by atoms with van der Waals surface area (Å²) in [5, 5.41) is 3.23. The predicted octanol–water partition coefficient (Wildman–Crippen LogP) is 0.741. The maximum atomic E-state index is 6.03. The second-order valence-corrected chi connectivity index (χ2v) is 3.93. The fraction of sp³-hybridized carbons (Fsp3) is 0.417. The first kappa shape index (κ1) is 13.3. The molecule has 0 saturated heterocycles. The minimum Gasteiger partial charge on any atom is -0.383 e. The van der Waals surface area contributed by atoms with E-state index < -0.39 is 0 Å². The number of hydrogen-bond acceptors (Lipinski definition) is 5. The summed E-state index contributed by atoms with van der Waals surface area (Å²) in [4.78, 5) is 15.8. The Morgan fingerprint density at radius 2 is 2.37 bits per heavy atom. The molecule has 0 spiro atoms. The van der Waals surface area contributed by atoms with Crippen LogP contribution in [-0.2, 0) is 4.74 Å². The number of methoxy groups -OCH3 is 1. The van der Waals surface area contributed by atoms with Crippen LogP contribution in [-0.4, -0.2) is 47.6 Å². The number of rotatable bonds is 6. The molecule has 0 radical (unpaired) electrons. The van der Waals surface area contributed by atoms with E-state index in [0.29, 0.717) is 31.2 Å². The zero-order valence-corrected chi connectivity index (χ0v) is 11.1. The summed E-state index contributed by atoms with van der Waals surface area (Å²) in [6.07, 6.45) is 3.32. The van der Waals surface area contributed by atoms with Crippen molar-refractivity contribution in [3.63, 3.8) is 0 Å². The molecule has 0 amide bonds. The van der Waals surface area contributed by atoms with Crippen LogP contribution in [0, 0.1) is 0 Å². The highest BCUT2D eigenvalue weighted by atomic mass is 16.5. The second-order valence-electron chi connectivity index (χ2n) is 3.93. The number of fused-ring (bicyclic) bond motifs is 1. The average Bonchev–Trinajstić information content (AvgIpc) is 2.87. The number of nitrogens with two attached hydrogens (primary N) is 1. The molecule has 7 nitrogen and oxygen atoms in total. The number of H-pyrrole nitrogens is 1. The molecule has 0 aliphatic heterocycles. The van der Waals surface area contributed by atoms with E-state index in [9.17, 15) is 0 Å². The van der Waals surface area contributed by atoms with Gasteiger partial charge in [0, 0.05) is 20.2 Å². The fourth-order valence-electron chi connectivity index (χ4n) is 1.82. The molecule has 19 heavy (non-hydrogen) atoms. The largest absolute Gasteiger partial charge is 0.383 e. The van der Waals surface area contributed by atoms with E-state index in [0.717, 1.165) is 16.8 Å². The minimum absolute atomic E-state index is 0.460. The van der Waals surface area contributed by atoms with E-state index in [4.69, 9.17) is 10.5 Å².